The van der Waals surface area contributed by atoms with Crippen LogP contribution < -0.4 is 10.6 Å². The summed E-state index contributed by atoms with van der Waals surface area (Å²) in [6, 6.07) is 6.37. The molecular weight excluding hydrogens is 449 g/mol. The number of hydrogen-bond acceptors (Lipinski definition) is 10. The first-order chi connectivity index (χ1) is 15.8. The smallest absolute Gasteiger partial charge is 0.179 e. The highest BCUT2D eigenvalue weighted by molar-refractivity contribution is 7.90. The van der Waals surface area contributed by atoms with Crippen LogP contribution in [0.3, 0.4) is 0 Å². The van der Waals surface area contributed by atoms with E-state index in [0.29, 0.717) is 22.9 Å². The first-order valence-corrected chi connectivity index (χ1v) is 12.1. The summed E-state index contributed by atoms with van der Waals surface area (Å²) in [7, 11) is -3.69. The maximum Gasteiger partial charge on any atom is 0.179 e. The van der Waals surface area contributed by atoms with Gasteiger partial charge in [-0.15, -0.1) is 0 Å². The second kappa shape index (κ2) is 8.28. The van der Waals surface area contributed by atoms with Gasteiger partial charge in [0.05, 0.1) is 19.4 Å². The molecule has 0 atom stereocenters. The van der Waals surface area contributed by atoms with E-state index >= 15 is 0 Å². The number of sulfone groups is 1. The first-order valence-electron chi connectivity index (χ1n) is 10.2. The third-order valence-electron chi connectivity index (χ3n) is 5.55. The van der Waals surface area contributed by atoms with Crippen molar-refractivity contribution in [3.63, 3.8) is 0 Å². The number of likely N-dealkylation sites (tertiary alicyclic amines) is 1. The summed E-state index contributed by atoms with van der Waals surface area (Å²) in [5.74, 6) is 0.580. The van der Waals surface area contributed by atoms with Gasteiger partial charge in [-0.1, -0.05) is 6.07 Å². The molecule has 12 heteroatoms. The van der Waals surface area contributed by atoms with E-state index < -0.39 is 15.7 Å². The van der Waals surface area contributed by atoms with Gasteiger partial charge in [0.25, 0.3) is 0 Å². The van der Waals surface area contributed by atoms with Crippen LogP contribution in [0.1, 0.15) is 5.56 Å². The number of ether oxygens (including phenoxy) is 1. The summed E-state index contributed by atoms with van der Waals surface area (Å²) < 4.78 is 42.7. The van der Waals surface area contributed by atoms with E-state index in [1.54, 1.807) is 6.07 Å². The minimum Gasteiger partial charge on any atom is -0.380 e. The van der Waals surface area contributed by atoms with Crippen molar-refractivity contribution in [2.24, 2.45) is 5.41 Å². The number of anilines is 4. The summed E-state index contributed by atoms with van der Waals surface area (Å²) in [5, 5.41) is 5.90. The topological polar surface area (TPSA) is 122 Å². The van der Waals surface area contributed by atoms with Crippen LogP contribution in [0.25, 0.3) is 0 Å². The summed E-state index contributed by atoms with van der Waals surface area (Å²) in [4.78, 5) is 18.7. The summed E-state index contributed by atoms with van der Waals surface area (Å²) >= 11 is 0. The highest BCUT2D eigenvalue weighted by Gasteiger charge is 2.48. The molecule has 0 saturated carbocycles. The molecule has 2 fully saturated rings. The minimum atomic E-state index is -3.69. The summed E-state index contributed by atoms with van der Waals surface area (Å²) in [6.07, 6.45) is 5.06. The lowest BCUT2D eigenvalue weighted by molar-refractivity contribution is -0.191. The maximum absolute atomic E-state index is 13.5. The van der Waals surface area contributed by atoms with Crippen LogP contribution in [0.2, 0.25) is 0 Å². The number of pyridine rings is 2. The van der Waals surface area contributed by atoms with Gasteiger partial charge in [-0.2, -0.15) is 0 Å². The minimum absolute atomic E-state index is 0.0211. The van der Waals surface area contributed by atoms with Crippen LogP contribution >= 0.6 is 0 Å². The van der Waals surface area contributed by atoms with Crippen molar-refractivity contribution in [1.82, 2.24) is 24.8 Å². The zero-order valence-electron chi connectivity index (χ0n) is 17.8. The Morgan fingerprint density at radius 2 is 1.79 bits per heavy atom. The quantitative estimate of drug-likeness (QED) is 0.530. The van der Waals surface area contributed by atoms with Crippen LogP contribution in [0.4, 0.5) is 27.7 Å². The van der Waals surface area contributed by atoms with Gasteiger partial charge in [-0.05, 0) is 17.7 Å². The van der Waals surface area contributed by atoms with Gasteiger partial charge in [0.15, 0.2) is 15.7 Å². The Hall–Kier alpha value is -3.22. The predicted molar refractivity (Wildman–Crippen MR) is 119 cm³/mol. The van der Waals surface area contributed by atoms with E-state index in [4.69, 9.17) is 4.74 Å². The maximum atomic E-state index is 13.5. The first kappa shape index (κ1) is 21.6. The highest BCUT2D eigenvalue weighted by atomic mass is 32.2. The van der Waals surface area contributed by atoms with E-state index in [0.717, 1.165) is 56.9 Å². The summed E-state index contributed by atoms with van der Waals surface area (Å²) in [5.41, 5.74) is 1.51. The summed E-state index contributed by atoms with van der Waals surface area (Å²) in [6.45, 7) is 4.71. The normalized spacial score (nSPS) is 17.3. The van der Waals surface area contributed by atoms with E-state index in [1.807, 2.05) is 18.3 Å². The molecule has 2 aliphatic heterocycles. The van der Waals surface area contributed by atoms with Crippen molar-refractivity contribution < 1.29 is 17.5 Å². The molecule has 3 aromatic rings. The lowest BCUT2D eigenvalue weighted by Crippen LogP contribution is -2.65. The Bertz CT molecular complexity index is 1280. The van der Waals surface area contributed by atoms with Crippen molar-refractivity contribution in [1.29, 1.82) is 0 Å². The molecule has 2 saturated heterocycles. The Labute approximate surface area is 190 Å². The fraction of sp³-hybridized carbons (Fsp3) is 0.333. The number of halogens is 1. The molecule has 0 bridgehead atoms. The van der Waals surface area contributed by atoms with E-state index in [-0.39, 0.29) is 10.7 Å². The molecule has 3 aromatic heterocycles. The highest BCUT2D eigenvalue weighted by Crippen LogP contribution is 2.38. The Morgan fingerprint density at radius 1 is 1.03 bits per heavy atom. The third kappa shape index (κ3) is 4.77. The van der Waals surface area contributed by atoms with Crippen molar-refractivity contribution >= 4 is 33.1 Å². The Kier molecular flexibility index (Phi) is 5.43. The molecule has 5 rings (SSSR count). The number of hydrogen-bond donors (Lipinski definition) is 2. The van der Waals surface area contributed by atoms with E-state index in [2.05, 4.69) is 35.5 Å². The number of aromatic nitrogens is 4. The number of nitrogens with one attached hydrogen (secondary N) is 2. The van der Waals surface area contributed by atoms with Gasteiger partial charge in [0.2, 0.25) is 0 Å². The molecule has 0 radical (unpaired) electrons. The predicted octanol–water partition coefficient (Wildman–Crippen LogP) is 2.13. The average molecular weight is 472 g/mol. The van der Waals surface area contributed by atoms with E-state index in [1.165, 1.54) is 6.33 Å². The zero-order chi connectivity index (χ0) is 23.1. The molecule has 0 amide bonds. The molecule has 0 aliphatic carbocycles. The fourth-order valence-corrected chi connectivity index (χ4v) is 4.76. The van der Waals surface area contributed by atoms with Crippen molar-refractivity contribution in [2.75, 3.05) is 43.2 Å². The second-order valence-corrected chi connectivity index (χ2v) is 10.5. The fourth-order valence-electron chi connectivity index (χ4n) is 3.98. The van der Waals surface area contributed by atoms with Gasteiger partial charge >= 0.3 is 0 Å². The second-order valence-electron chi connectivity index (χ2n) is 8.50. The van der Waals surface area contributed by atoms with Crippen molar-refractivity contribution in [2.45, 2.75) is 11.4 Å². The average Bonchev–Trinajstić information content (AvgIpc) is 2.71. The molecule has 33 heavy (non-hydrogen) atoms. The van der Waals surface area contributed by atoms with Gasteiger partial charge in [-0.25, -0.2) is 32.7 Å². The van der Waals surface area contributed by atoms with Gasteiger partial charge < -0.3 is 15.4 Å². The lowest BCUT2D eigenvalue weighted by atomic mass is 9.78. The van der Waals surface area contributed by atoms with Gasteiger partial charge in [0, 0.05) is 43.6 Å². The van der Waals surface area contributed by atoms with Gasteiger partial charge in [-0.3, -0.25) is 4.90 Å². The number of nitrogens with zero attached hydrogens (tertiary/aromatic N) is 5. The third-order valence-corrected chi connectivity index (χ3v) is 6.66. The molecule has 2 aliphatic rings. The molecular formula is C21H22FN7O3S. The van der Waals surface area contributed by atoms with Crippen molar-refractivity contribution in [3.8, 4) is 0 Å². The van der Waals surface area contributed by atoms with Crippen molar-refractivity contribution in [3.05, 3.63) is 54.4 Å². The molecule has 0 unspecified atom stereocenters. The Balaban J connectivity index is 1.24. The van der Waals surface area contributed by atoms with Gasteiger partial charge in [0.1, 0.15) is 34.5 Å². The zero-order valence-corrected chi connectivity index (χ0v) is 18.6. The molecule has 10 nitrogen and oxygen atoms in total. The molecule has 2 N–H and O–H groups in total. The van der Waals surface area contributed by atoms with Crippen LogP contribution in [0, 0.1) is 11.2 Å². The molecule has 172 valence electrons. The Morgan fingerprint density at radius 3 is 2.42 bits per heavy atom. The van der Waals surface area contributed by atoms with Crippen LogP contribution in [-0.4, -0.2) is 65.8 Å². The SMILES string of the molecule is CS(=O)(=O)c1cc(F)cnc1Nc1cc(Nc2ccc(CN3CC4(COC4)C3)cn2)ncn1. The standard InChI is InChI=1S/C21H22FN7O3S/c1-33(30,31)16-4-15(22)7-24-20(16)28-19-5-18(25-13-26-19)27-17-3-2-14(6-23-17)8-29-9-21(10-29)11-32-12-21/h2-7,13H,8-12H2,1H3,(H2,23,24,25,26,27,28). The van der Waals surface area contributed by atoms with E-state index in [9.17, 15) is 12.8 Å². The molecule has 5 heterocycles. The van der Waals surface area contributed by atoms with Crippen LogP contribution in [-0.2, 0) is 21.1 Å². The molecule has 0 aromatic carbocycles. The number of rotatable bonds is 7. The van der Waals surface area contributed by atoms with Crippen LogP contribution in [0.5, 0.6) is 0 Å². The van der Waals surface area contributed by atoms with Crippen LogP contribution in [0.15, 0.2) is 47.9 Å². The monoisotopic (exact) mass is 471 g/mol. The molecule has 1 spiro atoms. The lowest BCUT2D eigenvalue weighted by Gasteiger charge is -2.55. The largest absolute Gasteiger partial charge is 0.380 e.